The van der Waals surface area contributed by atoms with Crippen molar-refractivity contribution in [2.75, 3.05) is 19.6 Å². The summed E-state index contributed by atoms with van der Waals surface area (Å²) in [5.41, 5.74) is 0.582. The number of amidine groups is 1. The van der Waals surface area contributed by atoms with Crippen molar-refractivity contribution in [1.29, 1.82) is 0 Å². The summed E-state index contributed by atoms with van der Waals surface area (Å²) in [7, 11) is -3.53. The van der Waals surface area contributed by atoms with Gasteiger partial charge in [0, 0.05) is 31.6 Å². The lowest BCUT2D eigenvalue weighted by Gasteiger charge is -2.36. The van der Waals surface area contributed by atoms with Crippen LogP contribution in [0.5, 0.6) is 0 Å². The number of unbranched alkanes of at least 4 members (excludes halogenated alkanes) is 2. The van der Waals surface area contributed by atoms with Gasteiger partial charge in [-0.2, -0.15) is 0 Å². The number of amides is 1. The van der Waals surface area contributed by atoms with Crippen LogP contribution in [0.2, 0.25) is 0 Å². The minimum Gasteiger partial charge on any atom is -0.453 e. The Bertz CT molecular complexity index is 968. The predicted molar refractivity (Wildman–Crippen MR) is 119 cm³/mol. The molecule has 10 heteroatoms. The van der Waals surface area contributed by atoms with Gasteiger partial charge in [-0.05, 0) is 45.7 Å². The van der Waals surface area contributed by atoms with E-state index in [0.717, 1.165) is 6.42 Å². The molecule has 1 aromatic rings. The van der Waals surface area contributed by atoms with Crippen molar-refractivity contribution < 1.29 is 27.5 Å². The average Bonchev–Trinajstić information content (AvgIpc) is 2.99. The number of nitrogens with one attached hydrogen (secondary N) is 1. The van der Waals surface area contributed by atoms with Crippen molar-refractivity contribution in [1.82, 2.24) is 9.62 Å². The van der Waals surface area contributed by atoms with Crippen molar-refractivity contribution in [2.45, 2.75) is 69.7 Å². The van der Waals surface area contributed by atoms with E-state index in [1.165, 1.54) is 0 Å². The van der Waals surface area contributed by atoms with Crippen LogP contribution in [0.3, 0.4) is 0 Å². The number of ether oxygens (including phenoxy) is 2. The molecule has 32 heavy (non-hydrogen) atoms. The van der Waals surface area contributed by atoms with Gasteiger partial charge in [-0.15, -0.1) is 0 Å². The summed E-state index contributed by atoms with van der Waals surface area (Å²) >= 11 is 0. The summed E-state index contributed by atoms with van der Waals surface area (Å²) in [5.74, 6) is -0.237. The number of benzene rings is 1. The van der Waals surface area contributed by atoms with E-state index in [-0.39, 0.29) is 29.4 Å². The van der Waals surface area contributed by atoms with Crippen LogP contribution in [0.4, 0.5) is 0 Å². The summed E-state index contributed by atoms with van der Waals surface area (Å²) in [6.07, 6.45) is 1.38. The van der Waals surface area contributed by atoms with Crippen LogP contribution in [0.15, 0.2) is 34.2 Å². The van der Waals surface area contributed by atoms with Gasteiger partial charge in [-0.1, -0.05) is 18.6 Å². The second kappa shape index (κ2) is 10.4. The number of carbonyl (C=O) groups excluding carboxylic acids is 2. The maximum Gasteiger partial charge on any atom is 0.306 e. The number of aliphatic imine (C=N–C) groups is 1. The van der Waals surface area contributed by atoms with Gasteiger partial charge in [0.15, 0.2) is 6.10 Å². The van der Waals surface area contributed by atoms with Crippen molar-refractivity contribution >= 4 is 27.7 Å². The Morgan fingerprint density at radius 2 is 1.88 bits per heavy atom. The van der Waals surface area contributed by atoms with E-state index in [2.05, 4.69) is 9.71 Å². The van der Waals surface area contributed by atoms with Gasteiger partial charge in [0.25, 0.3) is 15.9 Å². The highest BCUT2D eigenvalue weighted by atomic mass is 32.2. The number of hydrogen-bond acceptors (Lipinski definition) is 7. The summed E-state index contributed by atoms with van der Waals surface area (Å²) in [5, 5.41) is 0. The lowest BCUT2D eigenvalue weighted by atomic mass is 10.2. The van der Waals surface area contributed by atoms with Gasteiger partial charge in [-0.25, -0.2) is 8.42 Å². The van der Waals surface area contributed by atoms with Crippen molar-refractivity contribution in [2.24, 2.45) is 4.99 Å². The molecule has 1 N–H and O–H groups in total. The van der Waals surface area contributed by atoms with Crippen molar-refractivity contribution in [3.05, 3.63) is 29.8 Å². The van der Waals surface area contributed by atoms with E-state index in [9.17, 15) is 18.0 Å². The minimum absolute atomic E-state index is 0.0396. The molecule has 2 aliphatic heterocycles. The molecule has 2 aliphatic rings. The molecule has 0 radical (unpaired) electrons. The average molecular weight is 466 g/mol. The van der Waals surface area contributed by atoms with Gasteiger partial charge >= 0.3 is 5.97 Å². The zero-order chi connectivity index (χ0) is 23.3. The molecular weight excluding hydrogens is 434 g/mol. The summed E-state index contributed by atoms with van der Waals surface area (Å²) < 4.78 is 37.5. The number of hydrogen-bond donors (Lipinski definition) is 1. The molecule has 0 saturated carbocycles. The topological polar surface area (TPSA) is 114 Å². The lowest BCUT2D eigenvalue weighted by Crippen LogP contribution is -2.51. The largest absolute Gasteiger partial charge is 0.453 e. The Morgan fingerprint density at radius 3 is 2.59 bits per heavy atom. The van der Waals surface area contributed by atoms with Crippen LogP contribution in [-0.4, -0.2) is 69.0 Å². The third kappa shape index (κ3) is 6.07. The summed E-state index contributed by atoms with van der Waals surface area (Å²) in [6.45, 7) is 6.86. The van der Waals surface area contributed by atoms with Crippen molar-refractivity contribution in [3.8, 4) is 0 Å². The first kappa shape index (κ1) is 24.2. The fraction of sp³-hybridized carbons (Fsp3) is 0.591. The lowest BCUT2D eigenvalue weighted by molar-refractivity contribution is -0.164. The van der Waals surface area contributed by atoms with E-state index < -0.39 is 22.1 Å². The maximum atomic E-state index is 12.5. The minimum atomic E-state index is -3.53. The third-order valence-corrected chi connectivity index (χ3v) is 6.76. The molecule has 2 heterocycles. The standard InChI is InChI=1S/C22H31N3O6S/c1-15-13-25(14-16(2)30-15)22(27)17(3)31-20(26)11-5-4-8-12-23-21-18-9-6-7-10-19(18)32(28,29)24-21/h6-7,9-10,15-17H,4-5,8,11-14H2,1-3H3,(H,23,24). The zero-order valence-electron chi connectivity index (χ0n) is 18.7. The zero-order valence-corrected chi connectivity index (χ0v) is 19.6. The molecule has 0 aliphatic carbocycles. The quantitative estimate of drug-likeness (QED) is 0.463. The SMILES string of the molecule is CC1CN(C(=O)C(C)OC(=O)CCCCCN=C2NS(=O)(=O)c3ccccc32)CC(C)O1. The number of rotatable bonds is 8. The monoisotopic (exact) mass is 465 g/mol. The van der Waals surface area contributed by atoms with E-state index in [1.807, 2.05) is 13.8 Å². The second-order valence-corrected chi connectivity index (χ2v) is 9.93. The Kier molecular flexibility index (Phi) is 7.89. The predicted octanol–water partition coefficient (Wildman–Crippen LogP) is 1.85. The van der Waals surface area contributed by atoms with Gasteiger partial charge in [0.1, 0.15) is 5.84 Å². The molecule has 9 nitrogen and oxygen atoms in total. The highest BCUT2D eigenvalue weighted by Gasteiger charge is 2.31. The molecule has 1 aromatic carbocycles. The number of carbonyl (C=O) groups is 2. The summed E-state index contributed by atoms with van der Waals surface area (Å²) in [4.78, 5) is 30.9. The van der Waals surface area contributed by atoms with E-state index >= 15 is 0 Å². The molecule has 1 amide bonds. The van der Waals surface area contributed by atoms with Gasteiger partial charge in [0.2, 0.25) is 0 Å². The molecule has 0 aromatic heterocycles. The fourth-order valence-electron chi connectivity index (χ4n) is 3.92. The van der Waals surface area contributed by atoms with E-state index in [0.29, 0.717) is 43.9 Å². The Hall–Kier alpha value is -2.46. The smallest absolute Gasteiger partial charge is 0.306 e. The van der Waals surface area contributed by atoms with Crippen LogP contribution in [0.25, 0.3) is 0 Å². The second-order valence-electron chi connectivity index (χ2n) is 8.28. The van der Waals surface area contributed by atoms with Gasteiger partial charge < -0.3 is 14.4 Å². The van der Waals surface area contributed by atoms with Crippen molar-refractivity contribution in [3.63, 3.8) is 0 Å². The molecule has 3 unspecified atom stereocenters. The maximum absolute atomic E-state index is 12.5. The first-order valence-electron chi connectivity index (χ1n) is 11.0. The molecule has 0 spiro atoms. The molecule has 3 rings (SSSR count). The van der Waals surface area contributed by atoms with E-state index in [1.54, 1.807) is 36.1 Å². The number of sulfonamides is 1. The normalized spacial score (nSPS) is 24.0. The van der Waals surface area contributed by atoms with Crippen LogP contribution in [0.1, 0.15) is 52.0 Å². The van der Waals surface area contributed by atoms with Gasteiger partial charge in [0.05, 0.1) is 17.1 Å². The first-order valence-corrected chi connectivity index (χ1v) is 12.5. The molecule has 176 valence electrons. The Labute approximate surface area is 189 Å². The number of morpholine rings is 1. The van der Waals surface area contributed by atoms with Crippen LogP contribution >= 0.6 is 0 Å². The van der Waals surface area contributed by atoms with E-state index in [4.69, 9.17) is 9.47 Å². The van der Waals surface area contributed by atoms with Gasteiger partial charge in [-0.3, -0.25) is 19.3 Å². The Morgan fingerprint density at radius 1 is 1.19 bits per heavy atom. The molecule has 0 bridgehead atoms. The third-order valence-electron chi connectivity index (χ3n) is 5.36. The Balaban J connectivity index is 1.36. The first-order chi connectivity index (χ1) is 15.2. The number of fused-ring (bicyclic) bond motifs is 1. The fourth-order valence-corrected chi connectivity index (χ4v) is 5.17. The van der Waals surface area contributed by atoms with Crippen LogP contribution in [0, 0.1) is 0 Å². The number of esters is 1. The molecular formula is C22H31N3O6S. The van der Waals surface area contributed by atoms with Crippen LogP contribution < -0.4 is 4.72 Å². The molecule has 3 atom stereocenters. The molecule has 1 saturated heterocycles. The highest BCUT2D eigenvalue weighted by Crippen LogP contribution is 2.22. The highest BCUT2D eigenvalue weighted by molar-refractivity contribution is 7.90. The number of nitrogens with zero attached hydrogens (tertiary/aromatic N) is 2. The summed E-state index contributed by atoms with van der Waals surface area (Å²) in [6, 6.07) is 6.73. The van der Waals surface area contributed by atoms with Crippen LogP contribution in [-0.2, 0) is 29.1 Å². The molecule has 1 fully saturated rings.